The Bertz CT molecular complexity index is 756. The van der Waals surface area contributed by atoms with Gasteiger partial charge in [0.25, 0.3) is 5.91 Å². The van der Waals surface area contributed by atoms with Gasteiger partial charge in [-0.05, 0) is 50.9 Å². The summed E-state index contributed by atoms with van der Waals surface area (Å²) in [5, 5.41) is 22.1. The molecule has 26 heavy (non-hydrogen) atoms. The van der Waals surface area contributed by atoms with E-state index in [0.29, 0.717) is 24.2 Å². The number of likely N-dealkylation sites (tertiary alicyclic amines) is 1. The molecule has 1 saturated heterocycles. The van der Waals surface area contributed by atoms with Crippen LogP contribution in [-0.2, 0) is 12.1 Å². The van der Waals surface area contributed by atoms with Gasteiger partial charge in [0, 0.05) is 31.7 Å². The monoisotopic (exact) mass is 357 g/mol. The summed E-state index contributed by atoms with van der Waals surface area (Å²) < 4.78 is 1.78. The van der Waals surface area contributed by atoms with Crippen molar-refractivity contribution in [3.05, 3.63) is 47.3 Å². The van der Waals surface area contributed by atoms with E-state index < -0.39 is 5.60 Å². The fourth-order valence-electron chi connectivity index (χ4n) is 3.37. The number of carbonyl (C=O) groups is 1. The normalized spacial score (nSPS) is 21.1. The number of aliphatic hydroxyl groups is 1. The maximum Gasteiger partial charge on any atom is 0.251 e. The number of nitrogens with one attached hydrogen (secondary N) is 1. The fourth-order valence-corrected chi connectivity index (χ4v) is 3.37. The zero-order valence-corrected chi connectivity index (χ0v) is 15.6. The van der Waals surface area contributed by atoms with E-state index in [-0.39, 0.29) is 11.9 Å². The third-order valence-electron chi connectivity index (χ3n) is 4.92. The molecule has 2 heterocycles. The minimum absolute atomic E-state index is 0.0860. The lowest BCUT2D eigenvalue weighted by molar-refractivity contribution is -0.0414. The molecular weight excluding hydrogens is 330 g/mol. The van der Waals surface area contributed by atoms with Crippen molar-refractivity contribution in [3.8, 4) is 0 Å². The number of carbonyl (C=O) groups excluding carboxylic acids is 1. The van der Waals surface area contributed by atoms with Gasteiger partial charge in [-0.1, -0.05) is 17.3 Å². The summed E-state index contributed by atoms with van der Waals surface area (Å²) in [4.78, 5) is 13.9. The van der Waals surface area contributed by atoms with Crippen molar-refractivity contribution in [2.45, 2.75) is 44.9 Å². The molecule has 2 aromatic rings. The van der Waals surface area contributed by atoms with Crippen molar-refractivity contribution in [2.24, 2.45) is 0 Å². The number of nitrogens with zero attached hydrogens (tertiary/aromatic N) is 4. The number of piperidine rings is 1. The van der Waals surface area contributed by atoms with Crippen LogP contribution in [0.5, 0.6) is 0 Å². The van der Waals surface area contributed by atoms with Crippen molar-refractivity contribution < 1.29 is 9.90 Å². The lowest BCUT2D eigenvalue weighted by Crippen LogP contribution is -2.45. The maximum atomic E-state index is 11.6. The number of aromatic nitrogens is 3. The van der Waals surface area contributed by atoms with Crippen molar-refractivity contribution >= 4 is 5.91 Å². The van der Waals surface area contributed by atoms with Crippen molar-refractivity contribution in [1.29, 1.82) is 0 Å². The Morgan fingerprint density at radius 3 is 2.69 bits per heavy atom. The quantitative estimate of drug-likeness (QED) is 0.851. The summed E-state index contributed by atoms with van der Waals surface area (Å²) in [6.45, 7) is 6.27. The highest BCUT2D eigenvalue weighted by atomic mass is 16.3. The summed E-state index contributed by atoms with van der Waals surface area (Å²) in [6.07, 6.45) is 3.45. The zero-order chi connectivity index (χ0) is 18.7. The van der Waals surface area contributed by atoms with E-state index in [1.54, 1.807) is 11.7 Å². The van der Waals surface area contributed by atoms with Gasteiger partial charge in [0.2, 0.25) is 0 Å². The van der Waals surface area contributed by atoms with Crippen LogP contribution < -0.4 is 5.32 Å². The molecule has 1 aromatic carbocycles. The van der Waals surface area contributed by atoms with Crippen LogP contribution >= 0.6 is 0 Å². The Balaban J connectivity index is 1.68. The average molecular weight is 357 g/mol. The first-order valence-corrected chi connectivity index (χ1v) is 9.09. The second-order valence-corrected chi connectivity index (χ2v) is 7.30. The van der Waals surface area contributed by atoms with Gasteiger partial charge >= 0.3 is 0 Å². The lowest BCUT2D eigenvalue weighted by atomic mass is 9.89. The van der Waals surface area contributed by atoms with Gasteiger partial charge in [-0.25, -0.2) is 4.68 Å². The molecule has 7 heteroatoms. The van der Waals surface area contributed by atoms with Crippen LogP contribution in [0.25, 0.3) is 0 Å². The van der Waals surface area contributed by atoms with Gasteiger partial charge in [-0.2, -0.15) is 0 Å². The molecule has 0 aliphatic carbocycles. The molecule has 0 unspecified atom stereocenters. The predicted octanol–water partition coefficient (Wildman–Crippen LogP) is 1.70. The van der Waals surface area contributed by atoms with E-state index in [4.69, 9.17) is 0 Å². The summed E-state index contributed by atoms with van der Waals surface area (Å²) in [5.74, 6) is -0.0860. The molecule has 0 saturated carbocycles. The van der Waals surface area contributed by atoms with Crippen molar-refractivity contribution in [2.75, 3.05) is 20.1 Å². The summed E-state index contributed by atoms with van der Waals surface area (Å²) in [5.41, 5.74) is 1.45. The molecule has 0 bridgehead atoms. The van der Waals surface area contributed by atoms with Gasteiger partial charge in [-0.15, -0.1) is 5.10 Å². The minimum atomic E-state index is -0.965. The Morgan fingerprint density at radius 2 is 2.08 bits per heavy atom. The molecule has 1 atom stereocenters. The molecule has 1 amide bonds. The van der Waals surface area contributed by atoms with Crippen LogP contribution in [0.1, 0.15) is 54.3 Å². The van der Waals surface area contributed by atoms with Gasteiger partial charge in [0.05, 0.1) is 6.20 Å². The van der Waals surface area contributed by atoms with E-state index >= 15 is 0 Å². The molecule has 1 aromatic heterocycles. The average Bonchev–Trinajstić information content (AvgIpc) is 3.13. The molecule has 0 radical (unpaired) electrons. The second-order valence-electron chi connectivity index (χ2n) is 7.30. The highest BCUT2D eigenvalue weighted by Gasteiger charge is 2.37. The SMILES string of the molecule is CNC(=O)c1ccc(CN2CCC[C@](O)(c3cn(C(C)C)nn3)C2)cc1. The molecule has 0 spiro atoms. The molecule has 7 nitrogen and oxygen atoms in total. The maximum absolute atomic E-state index is 11.6. The number of β-amino-alcohol motifs (C(OH)–C–C–N with tert-alkyl or cyclic N) is 1. The van der Waals surface area contributed by atoms with E-state index in [2.05, 4.69) is 20.5 Å². The van der Waals surface area contributed by atoms with Crippen LogP contribution in [0.2, 0.25) is 0 Å². The highest BCUT2D eigenvalue weighted by molar-refractivity contribution is 5.93. The first-order valence-electron chi connectivity index (χ1n) is 9.09. The lowest BCUT2D eigenvalue weighted by Gasteiger charge is -2.38. The summed E-state index contributed by atoms with van der Waals surface area (Å²) in [7, 11) is 1.63. The third-order valence-corrected chi connectivity index (χ3v) is 4.92. The van der Waals surface area contributed by atoms with Crippen LogP contribution in [0, 0.1) is 0 Å². The smallest absolute Gasteiger partial charge is 0.251 e. The number of rotatable bonds is 5. The van der Waals surface area contributed by atoms with Gasteiger partial charge < -0.3 is 10.4 Å². The van der Waals surface area contributed by atoms with E-state index in [1.807, 2.05) is 44.3 Å². The van der Waals surface area contributed by atoms with Crippen LogP contribution in [-0.4, -0.2) is 51.0 Å². The Morgan fingerprint density at radius 1 is 1.35 bits per heavy atom. The molecule has 3 rings (SSSR count). The standard InChI is InChI=1S/C19H27N5O2/c1-14(2)24-12-17(21-22-24)19(26)9-4-10-23(13-19)11-15-5-7-16(8-6-15)18(25)20-3/h5-8,12,14,26H,4,9-11,13H2,1-3H3,(H,20,25)/t19-/m1/s1. The minimum Gasteiger partial charge on any atom is -0.382 e. The van der Waals surface area contributed by atoms with E-state index in [0.717, 1.165) is 25.1 Å². The molecule has 2 N–H and O–H groups in total. The molecule has 1 fully saturated rings. The number of hydrogen-bond acceptors (Lipinski definition) is 5. The summed E-state index contributed by atoms with van der Waals surface area (Å²) >= 11 is 0. The second kappa shape index (κ2) is 7.55. The van der Waals surface area contributed by atoms with Crippen LogP contribution in [0.4, 0.5) is 0 Å². The molecule has 1 aliphatic heterocycles. The van der Waals surface area contributed by atoms with Crippen LogP contribution in [0.15, 0.2) is 30.5 Å². The Hall–Kier alpha value is -2.25. The van der Waals surface area contributed by atoms with E-state index in [9.17, 15) is 9.90 Å². The Kier molecular flexibility index (Phi) is 5.38. The largest absolute Gasteiger partial charge is 0.382 e. The first-order chi connectivity index (χ1) is 12.4. The fraction of sp³-hybridized carbons (Fsp3) is 0.526. The van der Waals surface area contributed by atoms with Crippen molar-refractivity contribution in [3.63, 3.8) is 0 Å². The number of hydrogen-bond donors (Lipinski definition) is 2. The van der Waals surface area contributed by atoms with Gasteiger partial charge in [-0.3, -0.25) is 9.69 Å². The van der Waals surface area contributed by atoms with Crippen molar-refractivity contribution in [1.82, 2.24) is 25.2 Å². The Labute approximate surface area is 154 Å². The molecular formula is C19H27N5O2. The number of amides is 1. The topological polar surface area (TPSA) is 83.3 Å². The zero-order valence-electron chi connectivity index (χ0n) is 15.6. The molecule has 1 aliphatic rings. The van der Waals surface area contributed by atoms with Gasteiger partial charge in [0.1, 0.15) is 11.3 Å². The van der Waals surface area contributed by atoms with E-state index in [1.165, 1.54) is 0 Å². The van der Waals surface area contributed by atoms with Gasteiger partial charge in [0.15, 0.2) is 0 Å². The molecule has 140 valence electrons. The summed E-state index contributed by atoms with van der Waals surface area (Å²) in [6, 6.07) is 7.82. The third kappa shape index (κ3) is 3.94. The first kappa shape index (κ1) is 18.5. The predicted molar refractivity (Wildman–Crippen MR) is 98.6 cm³/mol. The van der Waals surface area contributed by atoms with Crippen LogP contribution in [0.3, 0.4) is 0 Å². The highest BCUT2D eigenvalue weighted by Crippen LogP contribution is 2.31. The number of benzene rings is 1.